The standard InChI is InChI=1S/C18H18N2O2/c1-3-15-6-4-5-7-17(15)20-18(21)13(2)22-16-10-8-14(12-19)9-11-16/h4-11,13H,3H2,1-2H3,(H,20,21). The number of amides is 1. The second-order valence-corrected chi connectivity index (χ2v) is 4.90. The van der Waals surface area contributed by atoms with Crippen molar-refractivity contribution in [3.63, 3.8) is 0 Å². The van der Waals surface area contributed by atoms with Crippen LogP contribution in [0.25, 0.3) is 0 Å². The number of rotatable bonds is 5. The second-order valence-electron chi connectivity index (χ2n) is 4.90. The highest BCUT2D eigenvalue weighted by Gasteiger charge is 2.15. The molecule has 1 N–H and O–H groups in total. The zero-order valence-electron chi connectivity index (χ0n) is 12.7. The SMILES string of the molecule is CCc1ccccc1NC(=O)C(C)Oc1ccc(C#N)cc1. The number of nitrogens with one attached hydrogen (secondary N) is 1. The van der Waals surface area contributed by atoms with Crippen molar-refractivity contribution in [1.82, 2.24) is 0 Å². The number of para-hydroxylation sites is 1. The minimum Gasteiger partial charge on any atom is -0.481 e. The molecule has 0 saturated heterocycles. The summed E-state index contributed by atoms with van der Waals surface area (Å²) in [4.78, 5) is 12.2. The van der Waals surface area contributed by atoms with Gasteiger partial charge in [0, 0.05) is 5.69 Å². The van der Waals surface area contributed by atoms with E-state index in [0.29, 0.717) is 11.3 Å². The molecule has 4 nitrogen and oxygen atoms in total. The summed E-state index contributed by atoms with van der Waals surface area (Å²) in [5.41, 5.74) is 2.45. The van der Waals surface area contributed by atoms with Crippen molar-refractivity contribution >= 4 is 11.6 Å². The maximum atomic E-state index is 12.2. The zero-order chi connectivity index (χ0) is 15.9. The van der Waals surface area contributed by atoms with E-state index < -0.39 is 6.10 Å². The number of hydrogen-bond donors (Lipinski definition) is 1. The monoisotopic (exact) mass is 294 g/mol. The maximum absolute atomic E-state index is 12.2. The molecule has 0 heterocycles. The van der Waals surface area contributed by atoms with Crippen LogP contribution in [0.3, 0.4) is 0 Å². The van der Waals surface area contributed by atoms with Gasteiger partial charge in [0.2, 0.25) is 0 Å². The lowest BCUT2D eigenvalue weighted by Crippen LogP contribution is -2.30. The van der Waals surface area contributed by atoms with Gasteiger partial charge in [0.05, 0.1) is 11.6 Å². The fraction of sp³-hybridized carbons (Fsp3) is 0.222. The predicted octanol–water partition coefficient (Wildman–Crippen LogP) is 3.53. The third kappa shape index (κ3) is 3.86. The first-order chi connectivity index (χ1) is 10.6. The van der Waals surface area contributed by atoms with E-state index in [0.717, 1.165) is 17.7 Å². The summed E-state index contributed by atoms with van der Waals surface area (Å²) in [6.07, 6.45) is 0.222. The van der Waals surface area contributed by atoms with Crippen molar-refractivity contribution in [2.75, 3.05) is 5.32 Å². The topological polar surface area (TPSA) is 62.1 Å². The summed E-state index contributed by atoms with van der Waals surface area (Å²) in [6.45, 7) is 3.74. The van der Waals surface area contributed by atoms with Crippen LogP contribution in [-0.2, 0) is 11.2 Å². The van der Waals surface area contributed by atoms with Gasteiger partial charge in [0.1, 0.15) is 5.75 Å². The van der Waals surface area contributed by atoms with Gasteiger partial charge < -0.3 is 10.1 Å². The Labute approximate surface area is 130 Å². The molecule has 2 aromatic carbocycles. The van der Waals surface area contributed by atoms with Crippen molar-refractivity contribution in [2.45, 2.75) is 26.4 Å². The van der Waals surface area contributed by atoms with E-state index in [4.69, 9.17) is 10.00 Å². The average Bonchev–Trinajstić information content (AvgIpc) is 2.56. The predicted molar refractivity (Wildman–Crippen MR) is 85.7 cm³/mol. The highest BCUT2D eigenvalue weighted by atomic mass is 16.5. The number of carbonyl (C=O) groups excluding carboxylic acids is 1. The molecule has 2 rings (SSSR count). The lowest BCUT2D eigenvalue weighted by Gasteiger charge is -2.16. The minimum atomic E-state index is -0.627. The minimum absolute atomic E-state index is 0.203. The largest absolute Gasteiger partial charge is 0.481 e. The summed E-state index contributed by atoms with van der Waals surface area (Å²) in [5, 5.41) is 11.6. The Kier molecular flexibility index (Phi) is 5.16. The number of ether oxygens (including phenoxy) is 1. The van der Waals surface area contributed by atoms with Crippen LogP contribution in [0.1, 0.15) is 25.0 Å². The fourth-order valence-electron chi connectivity index (χ4n) is 2.05. The van der Waals surface area contributed by atoms with E-state index in [9.17, 15) is 4.79 Å². The van der Waals surface area contributed by atoms with Crippen molar-refractivity contribution < 1.29 is 9.53 Å². The number of nitrogens with zero attached hydrogens (tertiary/aromatic N) is 1. The molecule has 4 heteroatoms. The van der Waals surface area contributed by atoms with E-state index >= 15 is 0 Å². The quantitative estimate of drug-likeness (QED) is 0.917. The number of benzene rings is 2. The molecule has 0 radical (unpaired) electrons. The molecule has 0 bridgehead atoms. The molecule has 0 aliphatic rings. The molecule has 0 aliphatic heterocycles. The van der Waals surface area contributed by atoms with Gasteiger partial charge in [-0.25, -0.2) is 0 Å². The molecule has 0 aromatic heterocycles. The molecular weight excluding hydrogens is 276 g/mol. The maximum Gasteiger partial charge on any atom is 0.265 e. The summed E-state index contributed by atoms with van der Waals surface area (Å²) in [5.74, 6) is 0.357. The fourth-order valence-corrected chi connectivity index (χ4v) is 2.05. The normalized spacial score (nSPS) is 11.3. The van der Waals surface area contributed by atoms with Crippen molar-refractivity contribution in [1.29, 1.82) is 5.26 Å². The van der Waals surface area contributed by atoms with Crippen LogP contribution in [0.2, 0.25) is 0 Å². The van der Waals surface area contributed by atoms with Crippen LogP contribution in [0.15, 0.2) is 48.5 Å². The number of anilines is 1. The summed E-state index contributed by atoms with van der Waals surface area (Å²) >= 11 is 0. The third-order valence-electron chi connectivity index (χ3n) is 3.32. The first-order valence-corrected chi connectivity index (χ1v) is 7.19. The van der Waals surface area contributed by atoms with Gasteiger partial charge in [-0.15, -0.1) is 0 Å². The molecule has 0 fully saturated rings. The Bertz CT molecular complexity index is 687. The van der Waals surface area contributed by atoms with Crippen LogP contribution >= 0.6 is 0 Å². The molecule has 1 atom stereocenters. The van der Waals surface area contributed by atoms with E-state index in [1.807, 2.05) is 37.3 Å². The van der Waals surface area contributed by atoms with Crippen LogP contribution < -0.4 is 10.1 Å². The lowest BCUT2D eigenvalue weighted by molar-refractivity contribution is -0.122. The van der Waals surface area contributed by atoms with Crippen molar-refractivity contribution in [3.05, 3.63) is 59.7 Å². The highest BCUT2D eigenvalue weighted by Crippen LogP contribution is 2.17. The second kappa shape index (κ2) is 7.28. The Morgan fingerprint density at radius 3 is 2.55 bits per heavy atom. The molecule has 22 heavy (non-hydrogen) atoms. The van der Waals surface area contributed by atoms with Gasteiger partial charge in [0.25, 0.3) is 5.91 Å². The first-order valence-electron chi connectivity index (χ1n) is 7.19. The summed E-state index contributed by atoms with van der Waals surface area (Å²) in [7, 11) is 0. The van der Waals surface area contributed by atoms with E-state index in [2.05, 4.69) is 5.32 Å². The summed E-state index contributed by atoms with van der Waals surface area (Å²) < 4.78 is 5.60. The molecule has 0 saturated carbocycles. The van der Waals surface area contributed by atoms with Crippen molar-refractivity contribution in [3.8, 4) is 11.8 Å². The average molecular weight is 294 g/mol. The molecule has 2 aromatic rings. The Morgan fingerprint density at radius 1 is 1.23 bits per heavy atom. The molecule has 1 unspecified atom stereocenters. The van der Waals surface area contributed by atoms with Gasteiger partial charge >= 0.3 is 0 Å². The zero-order valence-corrected chi connectivity index (χ0v) is 12.7. The van der Waals surface area contributed by atoms with Gasteiger partial charge in [-0.05, 0) is 49.2 Å². The third-order valence-corrected chi connectivity index (χ3v) is 3.32. The van der Waals surface area contributed by atoms with Crippen LogP contribution in [0.4, 0.5) is 5.69 Å². The van der Waals surface area contributed by atoms with Crippen molar-refractivity contribution in [2.24, 2.45) is 0 Å². The molecule has 0 spiro atoms. The molecule has 1 amide bonds. The molecule has 112 valence electrons. The number of nitriles is 1. The Morgan fingerprint density at radius 2 is 1.91 bits per heavy atom. The van der Waals surface area contributed by atoms with Crippen LogP contribution in [0.5, 0.6) is 5.75 Å². The van der Waals surface area contributed by atoms with E-state index in [1.54, 1.807) is 31.2 Å². The van der Waals surface area contributed by atoms with Gasteiger partial charge in [-0.3, -0.25) is 4.79 Å². The van der Waals surface area contributed by atoms with E-state index in [-0.39, 0.29) is 5.91 Å². The number of aryl methyl sites for hydroxylation is 1. The lowest BCUT2D eigenvalue weighted by atomic mass is 10.1. The van der Waals surface area contributed by atoms with Gasteiger partial charge in [-0.2, -0.15) is 5.26 Å². The number of carbonyl (C=O) groups is 1. The van der Waals surface area contributed by atoms with Gasteiger partial charge in [0.15, 0.2) is 6.10 Å². The molecule has 0 aliphatic carbocycles. The van der Waals surface area contributed by atoms with E-state index in [1.165, 1.54) is 0 Å². The first kappa shape index (κ1) is 15.6. The van der Waals surface area contributed by atoms with Gasteiger partial charge in [-0.1, -0.05) is 25.1 Å². The Balaban J connectivity index is 2.01. The smallest absolute Gasteiger partial charge is 0.265 e. The van der Waals surface area contributed by atoms with Crippen LogP contribution in [-0.4, -0.2) is 12.0 Å². The highest BCUT2D eigenvalue weighted by molar-refractivity contribution is 5.94. The number of hydrogen-bond acceptors (Lipinski definition) is 3. The molecular formula is C18H18N2O2. The Hall–Kier alpha value is -2.80. The summed E-state index contributed by atoms with van der Waals surface area (Å²) in [6, 6.07) is 16.4. The van der Waals surface area contributed by atoms with Crippen LogP contribution in [0, 0.1) is 11.3 Å².